The van der Waals surface area contributed by atoms with Gasteiger partial charge in [-0.2, -0.15) is 0 Å². The number of hydrogen-bond donors (Lipinski definition) is 1. The monoisotopic (exact) mass is 398 g/mol. The van der Waals surface area contributed by atoms with Crippen LogP contribution in [0.15, 0.2) is 76.0 Å². The molecule has 1 N–H and O–H groups in total. The summed E-state index contributed by atoms with van der Waals surface area (Å²) in [6.45, 7) is 1.99. The first-order valence-corrected chi connectivity index (χ1v) is 10.0. The number of aromatic nitrogens is 1. The average Bonchev–Trinajstić information content (AvgIpc) is 3.05. The lowest BCUT2D eigenvalue weighted by atomic mass is 10.1. The molecule has 4 aromatic rings. The lowest BCUT2D eigenvalue weighted by Crippen LogP contribution is -2.12. The molecule has 1 aromatic heterocycles. The SMILES string of the molecule is Cc1cccc(-c2nc3ccc(NS(=O)(=O)c4cccc(Cl)c4)cc3o2)c1. The molecule has 0 atom stereocenters. The van der Waals surface area contributed by atoms with Gasteiger partial charge >= 0.3 is 0 Å². The van der Waals surface area contributed by atoms with Crippen LogP contribution in [0.1, 0.15) is 5.56 Å². The van der Waals surface area contributed by atoms with Crippen molar-refractivity contribution in [1.29, 1.82) is 0 Å². The Bertz CT molecular complexity index is 1250. The summed E-state index contributed by atoms with van der Waals surface area (Å²) in [4.78, 5) is 4.56. The van der Waals surface area contributed by atoms with Crippen molar-refractivity contribution in [2.75, 3.05) is 4.72 Å². The highest BCUT2D eigenvalue weighted by Crippen LogP contribution is 2.28. The summed E-state index contributed by atoms with van der Waals surface area (Å²) < 4.78 is 33.4. The number of nitrogens with one attached hydrogen (secondary N) is 1. The van der Waals surface area contributed by atoms with Gasteiger partial charge in [0.2, 0.25) is 5.89 Å². The number of sulfonamides is 1. The molecule has 0 amide bonds. The fourth-order valence-corrected chi connectivity index (χ4v) is 4.09. The molecule has 4 rings (SSSR count). The predicted octanol–water partition coefficient (Wildman–Crippen LogP) is 5.26. The molecular weight excluding hydrogens is 384 g/mol. The van der Waals surface area contributed by atoms with Crippen LogP contribution in [-0.2, 0) is 10.0 Å². The number of benzene rings is 3. The maximum atomic E-state index is 12.5. The van der Waals surface area contributed by atoms with Crippen molar-refractivity contribution in [2.45, 2.75) is 11.8 Å². The van der Waals surface area contributed by atoms with E-state index in [1.807, 2.05) is 31.2 Å². The van der Waals surface area contributed by atoms with Crippen molar-refractivity contribution in [3.8, 4) is 11.5 Å². The molecule has 0 radical (unpaired) electrons. The standard InChI is InChI=1S/C20H15ClN2O3S/c1-13-4-2-5-14(10-13)20-22-18-9-8-16(12-19(18)26-20)23-27(24,25)17-7-3-6-15(21)11-17/h2-12,23H,1H3. The number of rotatable bonds is 4. The molecule has 0 aliphatic carbocycles. The first-order chi connectivity index (χ1) is 12.9. The Hall–Kier alpha value is -2.83. The Labute approximate surface area is 161 Å². The van der Waals surface area contributed by atoms with Gasteiger partial charge in [-0.05, 0) is 49.4 Å². The van der Waals surface area contributed by atoms with Gasteiger partial charge in [0, 0.05) is 16.7 Å². The zero-order chi connectivity index (χ0) is 19.0. The number of anilines is 1. The molecule has 0 aliphatic rings. The van der Waals surface area contributed by atoms with E-state index in [0.717, 1.165) is 11.1 Å². The minimum absolute atomic E-state index is 0.0908. The highest BCUT2D eigenvalue weighted by atomic mass is 35.5. The molecule has 0 spiro atoms. The molecule has 0 saturated carbocycles. The van der Waals surface area contributed by atoms with Gasteiger partial charge in [-0.3, -0.25) is 4.72 Å². The molecule has 3 aromatic carbocycles. The molecule has 136 valence electrons. The summed E-state index contributed by atoms with van der Waals surface area (Å²) in [5.41, 5.74) is 3.50. The van der Waals surface area contributed by atoms with E-state index in [2.05, 4.69) is 9.71 Å². The van der Waals surface area contributed by atoms with Gasteiger partial charge in [-0.25, -0.2) is 13.4 Å². The average molecular weight is 399 g/mol. The van der Waals surface area contributed by atoms with Crippen LogP contribution in [-0.4, -0.2) is 13.4 Å². The maximum absolute atomic E-state index is 12.5. The molecule has 0 bridgehead atoms. The van der Waals surface area contributed by atoms with Crippen LogP contribution in [0.4, 0.5) is 5.69 Å². The summed E-state index contributed by atoms with van der Waals surface area (Å²) >= 11 is 5.89. The van der Waals surface area contributed by atoms with Gasteiger partial charge < -0.3 is 4.42 Å². The summed E-state index contributed by atoms with van der Waals surface area (Å²) in [5, 5.41) is 0.353. The number of aryl methyl sites for hydroxylation is 1. The molecule has 0 fully saturated rings. The summed E-state index contributed by atoms with van der Waals surface area (Å²) in [6.07, 6.45) is 0. The third-order valence-corrected chi connectivity index (χ3v) is 5.63. The van der Waals surface area contributed by atoms with E-state index >= 15 is 0 Å². The van der Waals surface area contributed by atoms with E-state index in [-0.39, 0.29) is 4.90 Å². The van der Waals surface area contributed by atoms with Crippen molar-refractivity contribution < 1.29 is 12.8 Å². The van der Waals surface area contributed by atoms with Gasteiger partial charge in [0.05, 0.1) is 10.6 Å². The van der Waals surface area contributed by atoms with Crippen molar-refractivity contribution in [1.82, 2.24) is 4.98 Å². The van der Waals surface area contributed by atoms with Crippen molar-refractivity contribution in [3.05, 3.63) is 77.3 Å². The Balaban J connectivity index is 1.68. The van der Waals surface area contributed by atoms with E-state index in [9.17, 15) is 8.42 Å². The molecule has 7 heteroatoms. The van der Waals surface area contributed by atoms with E-state index < -0.39 is 10.0 Å². The lowest BCUT2D eigenvalue weighted by Gasteiger charge is -2.08. The fourth-order valence-electron chi connectivity index (χ4n) is 2.74. The number of fused-ring (bicyclic) bond motifs is 1. The second-order valence-corrected chi connectivity index (χ2v) is 8.25. The Morgan fingerprint density at radius 2 is 1.81 bits per heavy atom. The summed E-state index contributed by atoms with van der Waals surface area (Å²) in [6, 6.07) is 18.9. The Morgan fingerprint density at radius 3 is 2.59 bits per heavy atom. The van der Waals surface area contributed by atoms with Crippen molar-refractivity contribution in [3.63, 3.8) is 0 Å². The van der Waals surface area contributed by atoms with Crippen LogP contribution in [0.25, 0.3) is 22.6 Å². The minimum atomic E-state index is -3.75. The van der Waals surface area contributed by atoms with E-state index in [4.69, 9.17) is 16.0 Å². The molecule has 0 saturated heterocycles. The van der Waals surface area contributed by atoms with Gasteiger partial charge in [0.1, 0.15) is 5.52 Å². The summed E-state index contributed by atoms with van der Waals surface area (Å²) in [7, 11) is -3.75. The second kappa shape index (κ2) is 6.72. The fraction of sp³-hybridized carbons (Fsp3) is 0.0500. The summed E-state index contributed by atoms with van der Waals surface area (Å²) in [5.74, 6) is 0.489. The number of halogens is 1. The van der Waals surface area contributed by atoms with Gasteiger partial charge in [0.25, 0.3) is 10.0 Å². The van der Waals surface area contributed by atoms with Crippen molar-refractivity contribution in [2.24, 2.45) is 0 Å². The van der Waals surface area contributed by atoms with Crippen LogP contribution in [0.2, 0.25) is 5.02 Å². The number of nitrogens with zero attached hydrogens (tertiary/aromatic N) is 1. The van der Waals surface area contributed by atoms with Gasteiger partial charge in [-0.1, -0.05) is 35.4 Å². The lowest BCUT2D eigenvalue weighted by molar-refractivity contribution is 0.601. The Morgan fingerprint density at radius 1 is 1.00 bits per heavy atom. The smallest absolute Gasteiger partial charge is 0.261 e. The molecule has 1 heterocycles. The number of hydrogen-bond acceptors (Lipinski definition) is 4. The highest BCUT2D eigenvalue weighted by Gasteiger charge is 2.16. The largest absolute Gasteiger partial charge is 0.436 e. The molecule has 27 heavy (non-hydrogen) atoms. The normalized spacial score (nSPS) is 11.6. The predicted molar refractivity (Wildman–Crippen MR) is 106 cm³/mol. The molecule has 0 unspecified atom stereocenters. The quantitative estimate of drug-likeness (QED) is 0.509. The molecule has 5 nitrogen and oxygen atoms in total. The highest BCUT2D eigenvalue weighted by molar-refractivity contribution is 7.92. The number of oxazole rings is 1. The zero-order valence-electron chi connectivity index (χ0n) is 14.3. The van der Waals surface area contributed by atoms with Gasteiger partial charge in [-0.15, -0.1) is 0 Å². The van der Waals surface area contributed by atoms with Crippen LogP contribution in [0, 0.1) is 6.92 Å². The van der Waals surface area contributed by atoms with Crippen LogP contribution in [0.5, 0.6) is 0 Å². The second-order valence-electron chi connectivity index (χ2n) is 6.13. The van der Waals surface area contributed by atoms with Crippen LogP contribution in [0.3, 0.4) is 0 Å². The Kier molecular flexibility index (Phi) is 4.37. The van der Waals surface area contributed by atoms with E-state index in [1.54, 1.807) is 30.3 Å². The molecule has 0 aliphatic heterocycles. The van der Waals surface area contributed by atoms with Crippen molar-refractivity contribution >= 4 is 38.4 Å². The third kappa shape index (κ3) is 3.67. The third-order valence-electron chi connectivity index (χ3n) is 4.01. The minimum Gasteiger partial charge on any atom is -0.436 e. The zero-order valence-corrected chi connectivity index (χ0v) is 15.9. The van der Waals surface area contributed by atoms with Gasteiger partial charge in [0.15, 0.2) is 5.58 Å². The van der Waals surface area contributed by atoms with Crippen LogP contribution >= 0.6 is 11.6 Å². The topological polar surface area (TPSA) is 72.2 Å². The van der Waals surface area contributed by atoms with E-state index in [0.29, 0.717) is 27.7 Å². The van der Waals surface area contributed by atoms with E-state index in [1.165, 1.54) is 12.1 Å². The van der Waals surface area contributed by atoms with Crippen LogP contribution < -0.4 is 4.72 Å². The first kappa shape index (κ1) is 17.6. The first-order valence-electron chi connectivity index (χ1n) is 8.17. The maximum Gasteiger partial charge on any atom is 0.261 e. The molecular formula is C20H15ClN2O3S.